The highest BCUT2D eigenvalue weighted by molar-refractivity contribution is 5.82. The van der Waals surface area contributed by atoms with Crippen LogP contribution in [0.2, 0.25) is 0 Å². The minimum absolute atomic E-state index is 0.0805. The molecule has 1 aromatic rings. The number of esters is 1. The van der Waals surface area contributed by atoms with Gasteiger partial charge in [-0.2, -0.15) is 0 Å². The highest BCUT2D eigenvalue weighted by Crippen LogP contribution is 2.20. The van der Waals surface area contributed by atoms with E-state index in [0.717, 1.165) is 5.56 Å². The fourth-order valence-electron chi connectivity index (χ4n) is 2.28. The lowest BCUT2D eigenvalue weighted by Crippen LogP contribution is -2.41. The number of carbonyl (C=O) groups excluding carboxylic acids is 2. The van der Waals surface area contributed by atoms with Crippen molar-refractivity contribution < 1.29 is 24.2 Å². The average molecular weight is 293 g/mol. The molecule has 0 radical (unpaired) electrons. The van der Waals surface area contributed by atoms with Crippen LogP contribution in [0.4, 0.5) is 4.79 Å². The topological polar surface area (TPSA) is 76.1 Å². The minimum atomic E-state index is -0.775. The highest BCUT2D eigenvalue weighted by atomic mass is 16.6. The monoisotopic (exact) mass is 293 g/mol. The molecule has 114 valence electrons. The quantitative estimate of drug-likeness (QED) is 0.847. The lowest BCUT2D eigenvalue weighted by Gasteiger charge is -2.22. The first-order valence-corrected chi connectivity index (χ1v) is 6.93. The van der Waals surface area contributed by atoms with Crippen LogP contribution in [0.25, 0.3) is 0 Å². The molecule has 0 bridgehead atoms. The standard InChI is InChI=1S/C15H19NO5/c1-2-20-14(18)13-8-12(17)9-16(13)15(19)21-10-11-6-4-3-5-7-11/h3-7,12-13,17H,2,8-10H2,1H3/t12-,13-/m1/s1. The molecule has 1 aliphatic heterocycles. The molecule has 2 rings (SSSR count). The number of β-amino-alcohol motifs (C(OH)–C–C–N with tert-alkyl or cyclic N) is 1. The summed E-state index contributed by atoms with van der Waals surface area (Å²) in [5, 5.41) is 9.66. The van der Waals surface area contributed by atoms with Crippen LogP contribution in [-0.2, 0) is 20.9 Å². The van der Waals surface area contributed by atoms with Gasteiger partial charge >= 0.3 is 12.1 Å². The van der Waals surface area contributed by atoms with E-state index < -0.39 is 24.2 Å². The highest BCUT2D eigenvalue weighted by Gasteiger charge is 2.40. The van der Waals surface area contributed by atoms with E-state index in [9.17, 15) is 14.7 Å². The number of aliphatic hydroxyl groups excluding tert-OH is 1. The van der Waals surface area contributed by atoms with Gasteiger partial charge in [-0.25, -0.2) is 9.59 Å². The number of carbonyl (C=O) groups is 2. The van der Waals surface area contributed by atoms with Gasteiger partial charge in [-0.05, 0) is 12.5 Å². The molecule has 1 fully saturated rings. The summed E-state index contributed by atoms with van der Waals surface area (Å²) in [4.78, 5) is 25.1. The summed E-state index contributed by atoms with van der Waals surface area (Å²) in [5.41, 5.74) is 0.860. The van der Waals surface area contributed by atoms with Crippen LogP contribution in [0.3, 0.4) is 0 Å². The van der Waals surface area contributed by atoms with Crippen molar-refractivity contribution in [1.29, 1.82) is 0 Å². The SMILES string of the molecule is CCOC(=O)[C@H]1C[C@@H](O)CN1C(=O)OCc1ccccc1. The third kappa shape index (κ3) is 3.95. The predicted octanol–water partition coefficient (Wildman–Crippen LogP) is 1.32. The largest absolute Gasteiger partial charge is 0.464 e. The molecule has 0 unspecified atom stereocenters. The van der Waals surface area contributed by atoms with Gasteiger partial charge in [0.1, 0.15) is 12.6 Å². The minimum Gasteiger partial charge on any atom is -0.464 e. The van der Waals surface area contributed by atoms with Crippen LogP contribution in [0, 0.1) is 0 Å². The summed E-state index contributed by atoms with van der Waals surface area (Å²) < 4.78 is 10.1. The van der Waals surface area contributed by atoms with E-state index in [2.05, 4.69) is 0 Å². The van der Waals surface area contributed by atoms with Crippen LogP contribution >= 0.6 is 0 Å². The van der Waals surface area contributed by atoms with Crippen molar-refractivity contribution in [3.63, 3.8) is 0 Å². The Kier molecular flexibility index (Phi) is 5.16. The van der Waals surface area contributed by atoms with E-state index >= 15 is 0 Å². The number of aliphatic hydroxyl groups is 1. The molecular formula is C15H19NO5. The maximum absolute atomic E-state index is 12.1. The Morgan fingerprint density at radius 2 is 2.00 bits per heavy atom. The van der Waals surface area contributed by atoms with Crippen molar-refractivity contribution in [3.05, 3.63) is 35.9 Å². The third-order valence-electron chi connectivity index (χ3n) is 3.28. The van der Waals surface area contributed by atoms with Gasteiger partial charge in [0.15, 0.2) is 0 Å². The van der Waals surface area contributed by atoms with Crippen LogP contribution in [0.15, 0.2) is 30.3 Å². The molecular weight excluding hydrogens is 274 g/mol. The number of likely N-dealkylation sites (tertiary alicyclic amines) is 1. The molecule has 0 aromatic heterocycles. The number of rotatable bonds is 4. The van der Waals surface area contributed by atoms with Crippen LogP contribution in [-0.4, -0.2) is 47.4 Å². The molecule has 0 aliphatic carbocycles. The van der Waals surface area contributed by atoms with Gasteiger partial charge in [0, 0.05) is 6.42 Å². The Morgan fingerprint density at radius 3 is 2.67 bits per heavy atom. The summed E-state index contributed by atoms with van der Waals surface area (Å²) in [6.45, 7) is 2.14. The van der Waals surface area contributed by atoms with Crippen molar-refractivity contribution >= 4 is 12.1 Å². The van der Waals surface area contributed by atoms with Gasteiger partial charge in [0.2, 0.25) is 0 Å². The summed E-state index contributed by atoms with van der Waals surface area (Å²) in [7, 11) is 0. The molecule has 0 saturated carbocycles. The Balaban J connectivity index is 1.94. The van der Waals surface area contributed by atoms with Gasteiger partial charge < -0.3 is 14.6 Å². The number of hydrogen-bond acceptors (Lipinski definition) is 5. The fraction of sp³-hybridized carbons (Fsp3) is 0.467. The summed E-state index contributed by atoms with van der Waals surface area (Å²) in [6, 6.07) is 8.49. The fourth-order valence-corrected chi connectivity index (χ4v) is 2.28. The smallest absolute Gasteiger partial charge is 0.410 e. The zero-order chi connectivity index (χ0) is 15.2. The molecule has 1 aromatic carbocycles. The predicted molar refractivity (Wildman–Crippen MR) is 74.4 cm³/mol. The van der Waals surface area contributed by atoms with Crippen molar-refractivity contribution in [2.45, 2.75) is 32.1 Å². The van der Waals surface area contributed by atoms with E-state index in [1.165, 1.54) is 4.90 Å². The van der Waals surface area contributed by atoms with E-state index in [-0.39, 0.29) is 26.2 Å². The second kappa shape index (κ2) is 7.08. The lowest BCUT2D eigenvalue weighted by atomic mass is 10.2. The molecule has 1 N–H and O–H groups in total. The first-order chi connectivity index (χ1) is 10.1. The van der Waals surface area contributed by atoms with E-state index in [1.807, 2.05) is 30.3 Å². The van der Waals surface area contributed by atoms with Crippen LogP contribution in [0.1, 0.15) is 18.9 Å². The van der Waals surface area contributed by atoms with E-state index in [1.54, 1.807) is 6.92 Å². The van der Waals surface area contributed by atoms with Crippen molar-refractivity contribution in [3.8, 4) is 0 Å². The van der Waals surface area contributed by atoms with E-state index in [4.69, 9.17) is 9.47 Å². The number of nitrogens with zero attached hydrogens (tertiary/aromatic N) is 1. The molecule has 1 heterocycles. The zero-order valence-corrected chi connectivity index (χ0v) is 11.9. The molecule has 21 heavy (non-hydrogen) atoms. The van der Waals surface area contributed by atoms with Gasteiger partial charge in [0.25, 0.3) is 0 Å². The van der Waals surface area contributed by atoms with E-state index in [0.29, 0.717) is 0 Å². The molecule has 1 aliphatic rings. The summed E-state index contributed by atoms with van der Waals surface area (Å²) in [6.07, 6.45) is -1.17. The Morgan fingerprint density at radius 1 is 1.29 bits per heavy atom. The zero-order valence-electron chi connectivity index (χ0n) is 11.9. The second-order valence-corrected chi connectivity index (χ2v) is 4.85. The van der Waals surface area contributed by atoms with Crippen molar-refractivity contribution in [1.82, 2.24) is 4.90 Å². The molecule has 6 heteroatoms. The molecule has 2 atom stereocenters. The Labute approximate surface area is 123 Å². The molecule has 1 saturated heterocycles. The number of ether oxygens (including phenoxy) is 2. The van der Waals surface area contributed by atoms with Crippen molar-refractivity contribution in [2.24, 2.45) is 0 Å². The lowest BCUT2D eigenvalue weighted by molar-refractivity contribution is -0.148. The normalized spacial score (nSPS) is 21.1. The first-order valence-electron chi connectivity index (χ1n) is 6.93. The maximum Gasteiger partial charge on any atom is 0.410 e. The van der Waals surface area contributed by atoms with Gasteiger partial charge in [-0.15, -0.1) is 0 Å². The number of amides is 1. The van der Waals surface area contributed by atoms with Crippen LogP contribution < -0.4 is 0 Å². The molecule has 0 spiro atoms. The maximum atomic E-state index is 12.1. The Hall–Kier alpha value is -2.08. The van der Waals surface area contributed by atoms with Gasteiger partial charge in [0.05, 0.1) is 19.3 Å². The average Bonchev–Trinajstić information content (AvgIpc) is 2.88. The first kappa shape index (κ1) is 15.3. The van der Waals surface area contributed by atoms with Gasteiger partial charge in [-0.1, -0.05) is 30.3 Å². The third-order valence-corrected chi connectivity index (χ3v) is 3.28. The molecule has 6 nitrogen and oxygen atoms in total. The van der Waals surface area contributed by atoms with Crippen molar-refractivity contribution in [2.75, 3.05) is 13.2 Å². The van der Waals surface area contributed by atoms with Gasteiger partial charge in [-0.3, -0.25) is 4.90 Å². The second-order valence-electron chi connectivity index (χ2n) is 4.85. The number of benzene rings is 1. The summed E-state index contributed by atoms with van der Waals surface area (Å²) >= 11 is 0. The molecule has 1 amide bonds. The summed E-state index contributed by atoms with van der Waals surface area (Å²) in [5.74, 6) is -0.509. The van der Waals surface area contributed by atoms with Crippen LogP contribution in [0.5, 0.6) is 0 Å². The number of hydrogen-bond donors (Lipinski definition) is 1. The Bertz CT molecular complexity index is 490.